The first kappa shape index (κ1) is 11.0. The number of benzene rings is 2. The van der Waals surface area contributed by atoms with Gasteiger partial charge in [-0.15, -0.1) is 0 Å². The summed E-state index contributed by atoms with van der Waals surface area (Å²) >= 11 is 0. The fraction of sp³-hybridized carbons (Fsp3) is 0.133. The minimum Gasteiger partial charge on any atom is -0.338 e. The van der Waals surface area contributed by atoms with E-state index in [1.807, 2.05) is 32.0 Å². The summed E-state index contributed by atoms with van der Waals surface area (Å²) in [6.45, 7) is 4.03. The summed E-state index contributed by atoms with van der Waals surface area (Å²) in [7, 11) is 0. The fourth-order valence-electron chi connectivity index (χ4n) is 2.14. The van der Waals surface area contributed by atoms with E-state index in [1.54, 1.807) is 12.1 Å². The van der Waals surface area contributed by atoms with Gasteiger partial charge in [-0.05, 0) is 37.1 Å². The highest BCUT2D eigenvalue weighted by atomic mass is 19.1. The van der Waals surface area contributed by atoms with Crippen LogP contribution in [0.15, 0.2) is 36.4 Å². The van der Waals surface area contributed by atoms with Crippen LogP contribution in [-0.2, 0) is 0 Å². The molecule has 0 aliphatic carbocycles. The summed E-state index contributed by atoms with van der Waals surface area (Å²) in [5.41, 5.74) is 4.61. The Morgan fingerprint density at radius 2 is 1.72 bits per heavy atom. The molecule has 0 unspecified atom stereocenters. The molecule has 3 rings (SSSR count). The van der Waals surface area contributed by atoms with Crippen molar-refractivity contribution in [2.75, 3.05) is 0 Å². The lowest BCUT2D eigenvalue weighted by Gasteiger charge is -1.97. The number of fused-ring (bicyclic) bond motifs is 1. The third kappa shape index (κ3) is 1.59. The number of imidazole rings is 1. The molecule has 0 saturated carbocycles. The Bertz CT molecular complexity index is 689. The van der Waals surface area contributed by atoms with Crippen molar-refractivity contribution in [2.24, 2.45) is 0 Å². The van der Waals surface area contributed by atoms with Crippen LogP contribution >= 0.6 is 0 Å². The quantitative estimate of drug-likeness (QED) is 0.684. The second kappa shape index (κ2) is 3.95. The summed E-state index contributed by atoms with van der Waals surface area (Å²) < 4.78 is 13.7. The average Bonchev–Trinajstić information content (AvgIpc) is 2.80. The van der Waals surface area contributed by atoms with E-state index in [0.29, 0.717) is 11.4 Å². The standard InChI is InChI=1S/C15H13FN2/c1-9-7-8-10(2)14-13(9)17-15(18-14)11-5-3-4-6-12(11)16/h3-8H,1-2H3,(H,17,18). The second-order valence-corrected chi connectivity index (χ2v) is 4.49. The Hall–Kier alpha value is -2.16. The van der Waals surface area contributed by atoms with E-state index in [1.165, 1.54) is 6.07 Å². The molecule has 0 aliphatic heterocycles. The van der Waals surface area contributed by atoms with Gasteiger partial charge in [0.25, 0.3) is 0 Å². The summed E-state index contributed by atoms with van der Waals surface area (Å²) in [4.78, 5) is 7.72. The topological polar surface area (TPSA) is 28.7 Å². The molecular weight excluding hydrogens is 227 g/mol. The average molecular weight is 240 g/mol. The Labute approximate surface area is 104 Å². The van der Waals surface area contributed by atoms with Gasteiger partial charge in [0, 0.05) is 0 Å². The van der Waals surface area contributed by atoms with Gasteiger partial charge in [-0.2, -0.15) is 0 Å². The number of nitrogens with one attached hydrogen (secondary N) is 1. The zero-order valence-corrected chi connectivity index (χ0v) is 10.3. The van der Waals surface area contributed by atoms with Crippen LogP contribution in [-0.4, -0.2) is 9.97 Å². The summed E-state index contributed by atoms with van der Waals surface area (Å²) in [6, 6.07) is 10.7. The normalized spacial score (nSPS) is 11.1. The van der Waals surface area contributed by atoms with Crippen molar-refractivity contribution < 1.29 is 4.39 Å². The third-order valence-corrected chi connectivity index (χ3v) is 3.18. The summed E-state index contributed by atoms with van der Waals surface area (Å²) in [5, 5.41) is 0. The van der Waals surface area contributed by atoms with E-state index in [9.17, 15) is 4.39 Å². The van der Waals surface area contributed by atoms with E-state index in [4.69, 9.17) is 0 Å². The van der Waals surface area contributed by atoms with Gasteiger partial charge >= 0.3 is 0 Å². The molecule has 0 fully saturated rings. The van der Waals surface area contributed by atoms with Gasteiger partial charge in [-0.25, -0.2) is 9.37 Å². The molecule has 0 saturated heterocycles. The monoisotopic (exact) mass is 240 g/mol. The Balaban J connectivity index is 2.29. The lowest BCUT2D eigenvalue weighted by atomic mass is 10.1. The predicted octanol–water partition coefficient (Wildman–Crippen LogP) is 3.99. The largest absolute Gasteiger partial charge is 0.338 e. The molecular formula is C15H13FN2. The summed E-state index contributed by atoms with van der Waals surface area (Å²) in [6.07, 6.45) is 0. The highest BCUT2D eigenvalue weighted by Crippen LogP contribution is 2.26. The molecule has 90 valence electrons. The smallest absolute Gasteiger partial charge is 0.141 e. The molecule has 1 N–H and O–H groups in total. The van der Waals surface area contributed by atoms with Crippen LogP contribution in [0.25, 0.3) is 22.4 Å². The van der Waals surface area contributed by atoms with Crippen LogP contribution in [0.3, 0.4) is 0 Å². The van der Waals surface area contributed by atoms with E-state index in [0.717, 1.165) is 22.2 Å². The van der Waals surface area contributed by atoms with Crippen LogP contribution in [0.1, 0.15) is 11.1 Å². The van der Waals surface area contributed by atoms with E-state index >= 15 is 0 Å². The molecule has 0 spiro atoms. The minimum absolute atomic E-state index is 0.258. The van der Waals surface area contributed by atoms with E-state index < -0.39 is 0 Å². The number of aromatic nitrogens is 2. The van der Waals surface area contributed by atoms with Gasteiger partial charge in [-0.1, -0.05) is 24.3 Å². The van der Waals surface area contributed by atoms with Crippen LogP contribution < -0.4 is 0 Å². The maximum absolute atomic E-state index is 13.7. The molecule has 0 bridgehead atoms. The van der Waals surface area contributed by atoms with E-state index in [2.05, 4.69) is 9.97 Å². The van der Waals surface area contributed by atoms with Crippen LogP contribution in [0.5, 0.6) is 0 Å². The van der Waals surface area contributed by atoms with Gasteiger partial charge < -0.3 is 4.98 Å². The SMILES string of the molecule is Cc1ccc(C)c2[nH]c(-c3ccccc3F)nc12. The molecule has 0 amide bonds. The van der Waals surface area contributed by atoms with Crippen LogP contribution in [0, 0.1) is 19.7 Å². The molecule has 0 aliphatic rings. The Kier molecular flexibility index (Phi) is 2.40. The molecule has 2 aromatic carbocycles. The molecule has 2 nitrogen and oxygen atoms in total. The third-order valence-electron chi connectivity index (χ3n) is 3.18. The maximum Gasteiger partial charge on any atom is 0.141 e. The maximum atomic E-state index is 13.7. The highest BCUT2D eigenvalue weighted by molar-refractivity contribution is 5.85. The first-order valence-corrected chi connectivity index (χ1v) is 5.87. The first-order valence-electron chi connectivity index (χ1n) is 5.87. The number of aryl methyl sites for hydroxylation is 2. The Morgan fingerprint density at radius 3 is 2.44 bits per heavy atom. The molecule has 1 heterocycles. The van der Waals surface area contributed by atoms with Crippen molar-refractivity contribution in [3.05, 3.63) is 53.3 Å². The lowest BCUT2D eigenvalue weighted by Crippen LogP contribution is -1.85. The van der Waals surface area contributed by atoms with Gasteiger partial charge in [0.1, 0.15) is 11.6 Å². The molecule has 3 aromatic rings. The van der Waals surface area contributed by atoms with Crippen molar-refractivity contribution in [1.82, 2.24) is 9.97 Å². The highest BCUT2D eigenvalue weighted by Gasteiger charge is 2.11. The van der Waals surface area contributed by atoms with Gasteiger partial charge in [0.2, 0.25) is 0 Å². The number of rotatable bonds is 1. The van der Waals surface area contributed by atoms with E-state index in [-0.39, 0.29) is 5.82 Å². The number of aromatic amines is 1. The number of H-pyrrole nitrogens is 1. The molecule has 3 heteroatoms. The predicted molar refractivity (Wildman–Crippen MR) is 71.0 cm³/mol. The number of halogens is 1. The van der Waals surface area contributed by atoms with Crippen molar-refractivity contribution >= 4 is 11.0 Å². The van der Waals surface area contributed by atoms with Crippen molar-refractivity contribution in [2.45, 2.75) is 13.8 Å². The molecule has 0 radical (unpaired) electrons. The van der Waals surface area contributed by atoms with Gasteiger partial charge in [0.15, 0.2) is 0 Å². The van der Waals surface area contributed by atoms with Gasteiger partial charge in [-0.3, -0.25) is 0 Å². The van der Waals surface area contributed by atoms with Crippen molar-refractivity contribution in [1.29, 1.82) is 0 Å². The second-order valence-electron chi connectivity index (χ2n) is 4.49. The van der Waals surface area contributed by atoms with Crippen molar-refractivity contribution in [3.8, 4) is 11.4 Å². The zero-order chi connectivity index (χ0) is 12.7. The lowest BCUT2D eigenvalue weighted by molar-refractivity contribution is 0.630. The Morgan fingerprint density at radius 1 is 1.00 bits per heavy atom. The zero-order valence-electron chi connectivity index (χ0n) is 10.3. The number of hydrogen-bond acceptors (Lipinski definition) is 1. The van der Waals surface area contributed by atoms with Crippen LogP contribution in [0.2, 0.25) is 0 Å². The summed E-state index contributed by atoms with van der Waals surface area (Å²) in [5.74, 6) is 0.326. The van der Waals surface area contributed by atoms with Gasteiger partial charge in [0.05, 0.1) is 16.6 Å². The van der Waals surface area contributed by atoms with Crippen molar-refractivity contribution in [3.63, 3.8) is 0 Å². The van der Waals surface area contributed by atoms with Crippen LogP contribution in [0.4, 0.5) is 4.39 Å². The first-order chi connectivity index (χ1) is 8.66. The molecule has 0 atom stereocenters. The molecule has 1 aromatic heterocycles. The number of hydrogen-bond donors (Lipinski definition) is 1. The fourth-order valence-corrected chi connectivity index (χ4v) is 2.14. The number of nitrogens with zero attached hydrogens (tertiary/aromatic N) is 1. The minimum atomic E-state index is -0.258. The molecule has 18 heavy (non-hydrogen) atoms.